The highest BCUT2D eigenvalue weighted by atomic mass is 16.3. The molecule has 0 spiro atoms. The smallest absolute Gasteiger partial charge is 0.235 e. The van der Waals surface area contributed by atoms with Crippen LogP contribution in [0.2, 0.25) is 0 Å². The number of phenolic OH excluding ortho intramolecular Hbond substituents is 1. The molecule has 0 aliphatic carbocycles. The van der Waals surface area contributed by atoms with Crippen LogP contribution in [0, 0.1) is 6.92 Å². The second-order valence-electron chi connectivity index (χ2n) is 7.12. The van der Waals surface area contributed by atoms with Crippen molar-refractivity contribution in [2.75, 3.05) is 0 Å². The van der Waals surface area contributed by atoms with Crippen molar-refractivity contribution in [1.29, 1.82) is 0 Å². The van der Waals surface area contributed by atoms with Crippen molar-refractivity contribution < 1.29 is 15.3 Å². The van der Waals surface area contributed by atoms with E-state index in [9.17, 15) is 15.3 Å². The SMILES string of the molecule is Cc1ccc(-c2c(-c3cccc(O)c3)c(O)c(O)n2CCCn2ccnc2)cc1. The Morgan fingerprint density at radius 3 is 2.41 bits per heavy atom. The molecule has 148 valence electrons. The summed E-state index contributed by atoms with van der Waals surface area (Å²) in [6, 6.07) is 14.6. The van der Waals surface area contributed by atoms with Crippen molar-refractivity contribution >= 4 is 0 Å². The van der Waals surface area contributed by atoms with Gasteiger partial charge in [0.2, 0.25) is 5.88 Å². The zero-order valence-electron chi connectivity index (χ0n) is 16.2. The van der Waals surface area contributed by atoms with Crippen LogP contribution < -0.4 is 0 Å². The first-order chi connectivity index (χ1) is 14.0. The number of aryl methyl sites for hydroxylation is 2. The Morgan fingerprint density at radius 1 is 0.931 bits per heavy atom. The van der Waals surface area contributed by atoms with E-state index in [1.165, 1.54) is 0 Å². The first-order valence-corrected chi connectivity index (χ1v) is 9.51. The molecular weight excluding hydrogens is 366 g/mol. The van der Waals surface area contributed by atoms with Crippen LogP contribution in [0.3, 0.4) is 0 Å². The fourth-order valence-corrected chi connectivity index (χ4v) is 3.59. The molecule has 4 aromatic rings. The molecule has 0 radical (unpaired) electrons. The predicted octanol–water partition coefficient (Wildman–Crippen LogP) is 4.53. The van der Waals surface area contributed by atoms with Gasteiger partial charge in [-0.3, -0.25) is 0 Å². The molecule has 0 fully saturated rings. The lowest BCUT2D eigenvalue weighted by molar-refractivity contribution is 0.368. The summed E-state index contributed by atoms with van der Waals surface area (Å²) in [5.74, 6) is -0.262. The summed E-state index contributed by atoms with van der Waals surface area (Å²) in [5.41, 5.74) is 3.87. The molecule has 0 saturated carbocycles. The van der Waals surface area contributed by atoms with E-state index in [0.29, 0.717) is 17.7 Å². The molecule has 6 nitrogen and oxygen atoms in total. The molecule has 6 heteroatoms. The molecule has 0 aliphatic heterocycles. The third-order valence-electron chi connectivity index (χ3n) is 5.03. The van der Waals surface area contributed by atoms with Gasteiger partial charge in [0.15, 0.2) is 5.75 Å². The minimum atomic E-state index is -0.186. The number of benzene rings is 2. The molecule has 0 unspecified atom stereocenters. The summed E-state index contributed by atoms with van der Waals surface area (Å²) in [6.45, 7) is 3.27. The molecule has 2 heterocycles. The van der Waals surface area contributed by atoms with Gasteiger partial charge in [0.1, 0.15) is 5.75 Å². The van der Waals surface area contributed by atoms with Gasteiger partial charge in [-0.2, -0.15) is 0 Å². The molecule has 3 N–H and O–H groups in total. The molecule has 2 aromatic heterocycles. The molecule has 29 heavy (non-hydrogen) atoms. The maximum atomic E-state index is 10.8. The Hall–Kier alpha value is -3.67. The lowest BCUT2D eigenvalue weighted by Gasteiger charge is -2.13. The van der Waals surface area contributed by atoms with Crippen LogP contribution in [0.1, 0.15) is 12.0 Å². The van der Waals surface area contributed by atoms with Gasteiger partial charge >= 0.3 is 0 Å². The molecule has 0 bridgehead atoms. The van der Waals surface area contributed by atoms with Crippen molar-refractivity contribution in [3.05, 3.63) is 72.8 Å². The Labute approximate surface area is 169 Å². The highest BCUT2D eigenvalue weighted by Gasteiger charge is 2.24. The van der Waals surface area contributed by atoms with Crippen LogP contribution in [0.4, 0.5) is 0 Å². The van der Waals surface area contributed by atoms with Crippen molar-refractivity contribution in [2.24, 2.45) is 0 Å². The van der Waals surface area contributed by atoms with Crippen LogP contribution >= 0.6 is 0 Å². The predicted molar refractivity (Wildman–Crippen MR) is 112 cm³/mol. The third kappa shape index (κ3) is 3.69. The van der Waals surface area contributed by atoms with Gasteiger partial charge < -0.3 is 24.5 Å². The largest absolute Gasteiger partial charge is 0.508 e. The lowest BCUT2D eigenvalue weighted by atomic mass is 9.99. The monoisotopic (exact) mass is 389 g/mol. The fourth-order valence-electron chi connectivity index (χ4n) is 3.59. The number of aromatic nitrogens is 3. The van der Waals surface area contributed by atoms with E-state index in [-0.39, 0.29) is 17.4 Å². The quantitative estimate of drug-likeness (QED) is 0.452. The number of rotatable bonds is 6. The Kier molecular flexibility index (Phi) is 4.99. The van der Waals surface area contributed by atoms with Crippen molar-refractivity contribution in [3.8, 4) is 39.8 Å². The Bertz CT molecular complexity index is 1110. The Morgan fingerprint density at radius 2 is 1.72 bits per heavy atom. The van der Waals surface area contributed by atoms with E-state index < -0.39 is 0 Å². The van der Waals surface area contributed by atoms with Crippen molar-refractivity contribution in [1.82, 2.24) is 14.1 Å². The molecule has 2 aromatic carbocycles. The van der Waals surface area contributed by atoms with E-state index in [1.807, 2.05) is 48.0 Å². The summed E-state index contributed by atoms with van der Waals surface area (Å²) < 4.78 is 3.71. The van der Waals surface area contributed by atoms with E-state index >= 15 is 0 Å². The zero-order chi connectivity index (χ0) is 20.4. The van der Waals surface area contributed by atoms with Gasteiger partial charge in [-0.1, -0.05) is 42.0 Å². The van der Waals surface area contributed by atoms with Crippen molar-refractivity contribution in [3.63, 3.8) is 0 Å². The normalized spacial score (nSPS) is 11.1. The summed E-state index contributed by atoms with van der Waals surface area (Å²) in [5, 5.41) is 31.4. The van der Waals surface area contributed by atoms with E-state index in [2.05, 4.69) is 4.98 Å². The second kappa shape index (κ2) is 7.75. The highest BCUT2D eigenvalue weighted by molar-refractivity contribution is 5.89. The van der Waals surface area contributed by atoms with Crippen LogP contribution in [-0.4, -0.2) is 29.4 Å². The molecule has 0 atom stereocenters. The number of aromatic hydroxyl groups is 3. The van der Waals surface area contributed by atoms with Crippen LogP contribution in [0.15, 0.2) is 67.3 Å². The van der Waals surface area contributed by atoms with Crippen LogP contribution in [0.25, 0.3) is 22.4 Å². The minimum Gasteiger partial charge on any atom is -0.508 e. The van der Waals surface area contributed by atoms with E-state index in [4.69, 9.17) is 0 Å². The van der Waals surface area contributed by atoms with E-state index in [1.54, 1.807) is 35.3 Å². The van der Waals surface area contributed by atoms with Gasteiger partial charge in [-0.25, -0.2) is 4.98 Å². The summed E-state index contributed by atoms with van der Waals surface area (Å²) in [7, 11) is 0. The maximum Gasteiger partial charge on any atom is 0.235 e. The summed E-state index contributed by atoms with van der Waals surface area (Å²) >= 11 is 0. The lowest BCUT2D eigenvalue weighted by Crippen LogP contribution is -2.04. The maximum absolute atomic E-state index is 10.8. The molecule has 0 aliphatic rings. The van der Waals surface area contributed by atoms with Crippen molar-refractivity contribution in [2.45, 2.75) is 26.4 Å². The number of hydrogen-bond donors (Lipinski definition) is 3. The van der Waals surface area contributed by atoms with Crippen LogP contribution in [-0.2, 0) is 13.1 Å². The van der Waals surface area contributed by atoms with E-state index in [0.717, 1.165) is 29.8 Å². The first kappa shape index (κ1) is 18.7. The Balaban J connectivity index is 1.81. The standard InChI is InChI=1S/C23H23N3O3/c1-16-6-8-17(9-7-16)21-20(18-4-2-5-19(27)14-18)22(28)23(29)26(21)12-3-11-25-13-10-24-15-25/h2,4-10,13-15,27-29H,3,11-12H2,1H3. The summed E-state index contributed by atoms with van der Waals surface area (Å²) in [6.07, 6.45) is 6.13. The number of nitrogens with zero attached hydrogens (tertiary/aromatic N) is 3. The minimum absolute atomic E-state index is 0.101. The third-order valence-corrected chi connectivity index (χ3v) is 5.03. The van der Waals surface area contributed by atoms with Crippen LogP contribution in [0.5, 0.6) is 17.4 Å². The van der Waals surface area contributed by atoms with Gasteiger partial charge in [0.25, 0.3) is 0 Å². The topological polar surface area (TPSA) is 83.4 Å². The summed E-state index contributed by atoms with van der Waals surface area (Å²) in [4.78, 5) is 4.05. The molecular formula is C23H23N3O3. The van der Waals surface area contributed by atoms with Gasteiger partial charge in [-0.05, 0) is 36.6 Å². The zero-order valence-corrected chi connectivity index (χ0v) is 16.2. The van der Waals surface area contributed by atoms with Gasteiger partial charge in [-0.15, -0.1) is 0 Å². The number of imidazole rings is 1. The number of phenols is 1. The first-order valence-electron chi connectivity index (χ1n) is 9.51. The molecule has 0 amide bonds. The fraction of sp³-hybridized carbons (Fsp3) is 0.174. The number of hydrogen-bond acceptors (Lipinski definition) is 4. The average molecular weight is 389 g/mol. The second-order valence-corrected chi connectivity index (χ2v) is 7.12. The molecule has 0 saturated heterocycles. The van der Waals surface area contributed by atoms with Gasteiger partial charge in [0, 0.05) is 25.5 Å². The van der Waals surface area contributed by atoms with Gasteiger partial charge in [0.05, 0.1) is 17.6 Å². The molecule has 4 rings (SSSR count). The highest BCUT2D eigenvalue weighted by Crippen LogP contribution is 2.47. The average Bonchev–Trinajstić information content (AvgIpc) is 3.31.